The molecule has 0 fully saturated rings. The minimum absolute atomic E-state index is 0.0460. The highest BCUT2D eigenvalue weighted by atomic mass is 32.2. The molecule has 0 aliphatic rings. The highest BCUT2D eigenvalue weighted by molar-refractivity contribution is 7.99. The number of carbonyl (C=O) groups excluding carboxylic acids is 2. The summed E-state index contributed by atoms with van der Waals surface area (Å²) in [6.07, 6.45) is 0. The Bertz CT molecular complexity index is 995. The van der Waals surface area contributed by atoms with E-state index < -0.39 is 11.7 Å². The molecule has 0 bridgehead atoms. The van der Waals surface area contributed by atoms with Gasteiger partial charge in [0.15, 0.2) is 0 Å². The molecule has 7 nitrogen and oxygen atoms in total. The van der Waals surface area contributed by atoms with Gasteiger partial charge in [-0.05, 0) is 29.8 Å². The molecule has 2 amide bonds. The lowest BCUT2D eigenvalue weighted by Gasteiger charge is -2.04. The third-order valence-electron chi connectivity index (χ3n) is 3.70. The average molecular weight is 418 g/mol. The second-order valence-corrected chi connectivity index (χ2v) is 6.74. The fraction of sp³-hybridized carbons (Fsp3) is 0.158. The van der Waals surface area contributed by atoms with E-state index in [0.29, 0.717) is 0 Å². The number of amides is 2. The van der Waals surface area contributed by atoms with Crippen molar-refractivity contribution < 1.29 is 22.8 Å². The zero-order valence-electron chi connectivity index (χ0n) is 15.0. The number of carbonyl (C=O) groups is 2. The summed E-state index contributed by atoms with van der Waals surface area (Å²) in [5, 5.41) is 12.9. The van der Waals surface area contributed by atoms with E-state index in [0.717, 1.165) is 17.3 Å². The van der Waals surface area contributed by atoms with E-state index in [4.69, 9.17) is 4.42 Å². The van der Waals surface area contributed by atoms with Crippen LogP contribution in [-0.4, -0.2) is 27.8 Å². The van der Waals surface area contributed by atoms with Crippen molar-refractivity contribution >= 4 is 23.6 Å². The summed E-state index contributed by atoms with van der Waals surface area (Å²) in [6.45, 7) is 0.203. The van der Waals surface area contributed by atoms with Crippen LogP contribution in [0, 0.1) is 11.6 Å². The Balaban J connectivity index is 1.41. The first-order valence-corrected chi connectivity index (χ1v) is 9.49. The van der Waals surface area contributed by atoms with Crippen molar-refractivity contribution in [3.05, 3.63) is 77.2 Å². The Morgan fingerprint density at radius 2 is 1.72 bits per heavy atom. The average Bonchev–Trinajstić information content (AvgIpc) is 3.18. The third kappa shape index (κ3) is 6.11. The van der Waals surface area contributed by atoms with Gasteiger partial charge in [-0.1, -0.05) is 36.0 Å². The summed E-state index contributed by atoms with van der Waals surface area (Å²) in [7, 11) is 0. The minimum atomic E-state index is -0.626. The number of nitrogens with one attached hydrogen (secondary N) is 2. The van der Waals surface area contributed by atoms with Crippen molar-refractivity contribution in [2.45, 2.75) is 18.3 Å². The zero-order chi connectivity index (χ0) is 20.6. The summed E-state index contributed by atoms with van der Waals surface area (Å²) >= 11 is 1.04. The summed E-state index contributed by atoms with van der Waals surface area (Å²) in [6, 6.07) is 11.4. The van der Waals surface area contributed by atoms with Crippen LogP contribution in [0.4, 0.5) is 8.78 Å². The first-order chi connectivity index (χ1) is 14.0. The van der Waals surface area contributed by atoms with Crippen LogP contribution in [-0.2, 0) is 17.9 Å². The maximum absolute atomic E-state index is 13.6. The number of thioether (sulfide) groups is 1. The Hall–Kier alpha value is -3.27. The van der Waals surface area contributed by atoms with Crippen molar-refractivity contribution in [1.29, 1.82) is 0 Å². The van der Waals surface area contributed by atoms with Crippen molar-refractivity contribution in [1.82, 2.24) is 20.8 Å². The molecule has 10 heteroatoms. The molecule has 1 heterocycles. The number of nitrogens with zero attached hydrogens (tertiary/aromatic N) is 2. The topological polar surface area (TPSA) is 97.1 Å². The van der Waals surface area contributed by atoms with Gasteiger partial charge >= 0.3 is 0 Å². The lowest BCUT2D eigenvalue weighted by molar-refractivity contribution is -0.118. The van der Waals surface area contributed by atoms with Crippen molar-refractivity contribution in [2.24, 2.45) is 0 Å². The maximum atomic E-state index is 13.6. The van der Waals surface area contributed by atoms with Gasteiger partial charge in [-0.3, -0.25) is 9.59 Å². The molecular weight excluding hydrogens is 402 g/mol. The Morgan fingerprint density at radius 1 is 0.966 bits per heavy atom. The van der Waals surface area contributed by atoms with Crippen LogP contribution in [0.1, 0.15) is 21.8 Å². The SMILES string of the molecule is O=C(CSc1nnc(CNC(=O)c2ccccc2F)o1)NCc1ccc(F)cc1. The monoisotopic (exact) mass is 418 g/mol. The molecule has 0 aliphatic heterocycles. The molecule has 2 N–H and O–H groups in total. The van der Waals surface area contributed by atoms with E-state index in [2.05, 4.69) is 20.8 Å². The van der Waals surface area contributed by atoms with Crippen molar-refractivity contribution in [3.63, 3.8) is 0 Å². The van der Waals surface area contributed by atoms with Gasteiger partial charge in [0.05, 0.1) is 17.9 Å². The molecule has 0 spiro atoms. The molecule has 0 radical (unpaired) electrons. The highest BCUT2D eigenvalue weighted by Gasteiger charge is 2.13. The predicted molar refractivity (Wildman–Crippen MR) is 101 cm³/mol. The van der Waals surface area contributed by atoms with Crippen LogP contribution in [0.25, 0.3) is 0 Å². The third-order valence-corrected chi connectivity index (χ3v) is 4.52. The van der Waals surface area contributed by atoms with Gasteiger partial charge in [0.2, 0.25) is 11.8 Å². The molecule has 3 aromatic rings. The molecule has 0 saturated heterocycles. The van der Waals surface area contributed by atoms with E-state index in [-0.39, 0.29) is 47.2 Å². The maximum Gasteiger partial charge on any atom is 0.277 e. The Labute approximate surface area is 168 Å². The number of hydrogen-bond donors (Lipinski definition) is 2. The Kier molecular flexibility index (Phi) is 6.90. The van der Waals surface area contributed by atoms with E-state index in [9.17, 15) is 18.4 Å². The highest BCUT2D eigenvalue weighted by Crippen LogP contribution is 2.16. The van der Waals surface area contributed by atoms with Gasteiger partial charge in [0, 0.05) is 6.54 Å². The lowest BCUT2D eigenvalue weighted by atomic mass is 10.2. The molecule has 3 rings (SSSR count). The van der Waals surface area contributed by atoms with Crippen LogP contribution < -0.4 is 10.6 Å². The predicted octanol–water partition coefficient (Wildman–Crippen LogP) is 2.69. The molecule has 0 aliphatic carbocycles. The fourth-order valence-electron chi connectivity index (χ4n) is 2.25. The van der Waals surface area contributed by atoms with Gasteiger partial charge in [-0.15, -0.1) is 10.2 Å². The van der Waals surface area contributed by atoms with Crippen LogP contribution in [0.5, 0.6) is 0 Å². The van der Waals surface area contributed by atoms with Crippen molar-refractivity contribution in [2.75, 3.05) is 5.75 Å². The van der Waals surface area contributed by atoms with Crippen LogP contribution in [0.2, 0.25) is 0 Å². The van der Waals surface area contributed by atoms with Gasteiger partial charge in [-0.25, -0.2) is 8.78 Å². The second kappa shape index (κ2) is 9.78. The summed E-state index contributed by atoms with van der Waals surface area (Å²) in [4.78, 5) is 23.8. The van der Waals surface area contributed by atoms with Crippen molar-refractivity contribution in [3.8, 4) is 0 Å². The van der Waals surface area contributed by atoms with E-state index in [1.54, 1.807) is 18.2 Å². The smallest absolute Gasteiger partial charge is 0.277 e. The van der Waals surface area contributed by atoms with E-state index in [1.807, 2.05) is 0 Å². The second-order valence-electron chi connectivity index (χ2n) is 5.82. The number of benzene rings is 2. The Morgan fingerprint density at radius 3 is 2.48 bits per heavy atom. The van der Waals surface area contributed by atoms with Crippen LogP contribution in [0.15, 0.2) is 58.2 Å². The summed E-state index contributed by atoms with van der Waals surface area (Å²) in [5.41, 5.74) is 0.690. The van der Waals surface area contributed by atoms with Crippen LogP contribution >= 0.6 is 11.8 Å². The van der Waals surface area contributed by atoms with Gasteiger partial charge < -0.3 is 15.1 Å². The van der Waals surface area contributed by atoms with Gasteiger partial charge in [-0.2, -0.15) is 0 Å². The standard InChI is InChI=1S/C19H16F2N4O3S/c20-13-7-5-12(6-8-13)9-22-16(26)11-29-19-25-24-17(28-19)10-23-18(27)14-3-1-2-4-15(14)21/h1-8H,9-11H2,(H,22,26)(H,23,27). The molecule has 29 heavy (non-hydrogen) atoms. The zero-order valence-corrected chi connectivity index (χ0v) is 15.8. The summed E-state index contributed by atoms with van der Waals surface area (Å²) < 4.78 is 31.7. The number of aromatic nitrogens is 2. The van der Waals surface area contributed by atoms with Crippen LogP contribution in [0.3, 0.4) is 0 Å². The quantitative estimate of drug-likeness (QED) is 0.546. The van der Waals surface area contributed by atoms with E-state index in [1.165, 1.54) is 30.3 Å². The fourth-order valence-corrected chi connectivity index (χ4v) is 2.86. The van der Waals surface area contributed by atoms with E-state index >= 15 is 0 Å². The molecule has 2 aromatic carbocycles. The number of rotatable bonds is 8. The first-order valence-electron chi connectivity index (χ1n) is 8.50. The normalized spacial score (nSPS) is 10.6. The van der Waals surface area contributed by atoms with Gasteiger partial charge in [0.1, 0.15) is 11.6 Å². The molecule has 150 valence electrons. The van der Waals surface area contributed by atoms with Gasteiger partial charge in [0.25, 0.3) is 11.1 Å². The molecule has 1 aromatic heterocycles. The lowest BCUT2D eigenvalue weighted by Crippen LogP contribution is -2.24. The first kappa shape index (κ1) is 20.5. The molecule has 0 atom stereocenters. The molecule has 0 unspecified atom stereocenters. The summed E-state index contributed by atoms with van der Waals surface area (Å²) in [5.74, 6) is -1.65. The number of halogens is 2. The molecular formula is C19H16F2N4O3S. The molecule has 0 saturated carbocycles. The minimum Gasteiger partial charge on any atom is -0.414 e. The largest absolute Gasteiger partial charge is 0.414 e. The number of hydrogen-bond acceptors (Lipinski definition) is 6.